The number of hydrogen-bond donors (Lipinski definition) is 2. The first kappa shape index (κ1) is 18.3. The van der Waals surface area contributed by atoms with E-state index in [2.05, 4.69) is 51.7 Å². The van der Waals surface area contributed by atoms with Crippen molar-refractivity contribution < 1.29 is 9.53 Å². The highest BCUT2D eigenvalue weighted by atomic mass is 79.9. The number of anilines is 2. The van der Waals surface area contributed by atoms with Crippen LogP contribution in [-0.4, -0.2) is 11.7 Å². The van der Waals surface area contributed by atoms with Crippen LogP contribution in [0.15, 0.2) is 46.9 Å². The number of halogens is 1. The van der Waals surface area contributed by atoms with Gasteiger partial charge in [0.05, 0.1) is 0 Å². The maximum atomic E-state index is 11.8. The third-order valence-electron chi connectivity index (χ3n) is 3.20. The average molecular weight is 391 g/mol. The minimum Gasteiger partial charge on any atom is -0.444 e. The third kappa shape index (κ3) is 5.89. The highest BCUT2D eigenvalue weighted by Crippen LogP contribution is 2.21. The Morgan fingerprint density at radius 1 is 1.12 bits per heavy atom. The van der Waals surface area contributed by atoms with Gasteiger partial charge in [-0.05, 0) is 63.1 Å². The van der Waals surface area contributed by atoms with Crippen molar-refractivity contribution in [1.82, 2.24) is 0 Å². The van der Waals surface area contributed by atoms with Crippen LogP contribution in [-0.2, 0) is 11.3 Å². The lowest BCUT2D eigenvalue weighted by Gasteiger charge is -2.19. The molecule has 0 bridgehead atoms. The first-order valence-corrected chi connectivity index (χ1v) is 8.61. The van der Waals surface area contributed by atoms with Gasteiger partial charge in [0.2, 0.25) is 0 Å². The maximum absolute atomic E-state index is 11.8. The lowest BCUT2D eigenvalue weighted by atomic mass is 10.1. The number of hydrogen-bond acceptors (Lipinski definition) is 3. The summed E-state index contributed by atoms with van der Waals surface area (Å²) < 4.78 is 6.34. The first-order valence-electron chi connectivity index (χ1n) is 7.82. The Morgan fingerprint density at radius 3 is 2.50 bits per heavy atom. The van der Waals surface area contributed by atoms with Crippen molar-refractivity contribution in [3.8, 4) is 0 Å². The minimum absolute atomic E-state index is 0.457. The number of carbonyl (C=O) groups excluding carboxylic acids is 1. The fourth-order valence-electron chi connectivity index (χ4n) is 2.12. The predicted octanol–water partition coefficient (Wildman–Crippen LogP) is 5.72. The molecule has 2 aromatic carbocycles. The van der Waals surface area contributed by atoms with E-state index >= 15 is 0 Å². The van der Waals surface area contributed by atoms with Gasteiger partial charge in [0.15, 0.2) is 0 Å². The summed E-state index contributed by atoms with van der Waals surface area (Å²) in [5.74, 6) is 0. The molecule has 4 nitrogen and oxygen atoms in total. The summed E-state index contributed by atoms with van der Waals surface area (Å²) in [6, 6.07) is 13.8. The number of ether oxygens (including phenoxy) is 1. The van der Waals surface area contributed by atoms with E-state index in [1.807, 2.05) is 45.0 Å². The van der Waals surface area contributed by atoms with Crippen LogP contribution in [0.2, 0.25) is 0 Å². The van der Waals surface area contributed by atoms with Crippen molar-refractivity contribution in [2.24, 2.45) is 0 Å². The fraction of sp³-hybridized carbons (Fsp3) is 0.316. The first-order chi connectivity index (χ1) is 11.2. The molecular weight excluding hydrogens is 368 g/mol. The van der Waals surface area contributed by atoms with Crippen molar-refractivity contribution in [3.05, 3.63) is 58.1 Å². The molecule has 24 heavy (non-hydrogen) atoms. The van der Waals surface area contributed by atoms with E-state index < -0.39 is 11.7 Å². The predicted molar refractivity (Wildman–Crippen MR) is 103 cm³/mol. The van der Waals surface area contributed by atoms with E-state index in [9.17, 15) is 4.79 Å². The third-order valence-corrected chi connectivity index (χ3v) is 3.94. The lowest BCUT2D eigenvalue weighted by Crippen LogP contribution is -2.27. The summed E-state index contributed by atoms with van der Waals surface area (Å²) in [5, 5.41) is 6.11. The molecule has 2 aromatic rings. The van der Waals surface area contributed by atoms with Crippen molar-refractivity contribution in [3.63, 3.8) is 0 Å². The van der Waals surface area contributed by atoms with E-state index in [-0.39, 0.29) is 0 Å². The molecule has 0 spiro atoms. The van der Waals surface area contributed by atoms with Gasteiger partial charge in [-0.25, -0.2) is 4.79 Å². The normalized spacial score (nSPS) is 11.0. The Kier molecular flexibility index (Phi) is 5.89. The average Bonchev–Trinajstić information content (AvgIpc) is 2.44. The number of amides is 1. The van der Waals surface area contributed by atoms with E-state index in [1.165, 1.54) is 11.1 Å². The molecule has 0 aliphatic rings. The Morgan fingerprint density at radius 2 is 1.83 bits per heavy atom. The molecule has 128 valence electrons. The molecule has 0 aliphatic heterocycles. The molecule has 0 heterocycles. The standard InChI is InChI=1S/C19H23BrN2O2/c1-13-8-9-14(17(20)10-13)12-21-15-6-5-7-16(11-15)22-18(23)24-19(2,3)4/h5-11,21H,12H2,1-4H3,(H,22,23). The van der Waals surface area contributed by atoms with Crippen LogP contribution in [0.4, 0.5) is 16.2 Å². The molecule has 0 aromatic heterocycles. The van der Waals surface area contributed by atoms with E-state index in [4.69, 9.17) is 4.74 Å². The number of nitrogens with one attached hydrogen (secondary N) is 2. The van der Waals surface area contributed by atoms with Crippen molar-refractivity contribution >= 4 is 33.4 Å². The highest BCUT2D eigenvalue weighted by Gasteiger charge is 2.16. The molecule has 1 amide bonds. The number of rotatable bonds is 4. The molecule has 0 atom stereocenters. The smallest absolute Gasteiger partial charge is 0.412 e. The molecule has 2 N–H and O–H groups in total. The highest BCUT2D eigenvalue weighted by molar-refractivity contribution is 9.10. The van der Waals surface area contributed by atoms with Crippen LogP contribution in [0, 0.1) is 6.92 Å². The molecule has 0 aliphatic carbocycles. The van der Waals surface area contributed by atoms with E-state index in [1.54, 1.807) is 0 Å². The second-order valence-corrected chi connectivity index (χ2v) is 7.51. The topological polar surface area (TPSA) is 50.4 Å². The number of carbonyl (C=O) groups is 1. The van der Waals surface area contributed by atoms with Crippen molar-refractivity contribution in [1.29, 1.82) is 0 Å². The SMILES string of the molecule is Cc1ccc(CNc2cccc(NC(=O)OC(C)(C)C)c2)c(Br)c1. The van der Waals surface area contributed by atoms with Crippen LogP contribution in [0.3, 0.4) is 0 Å². The summed E-state index contributed by atoms with van der Waals surface area (Å²) in [6.45, 7) is 8.27. The zero-order valence-corrected chi connectivity index (χ0v) is 16.0. The van der Waals surface area contributed by atoms with Crippen LogP contribution in [0.25, 0.3) is 0 Å². The number of aryl methyl sites for hydroxylation is 1. The second kappa shape index (κ2) is 7.71. The van der Waals surface area contributed by atoms with Gasteiger partial charge < -0.3 is 10.1 Å². The van der Waals surface area contributed by atoms with Gasteiger partial charge in [-0.3, -0.25) is 5.32 Å². The van der Waals surface area contributed by atoms with Gasteiger partial charge in [0.1, 0.15) is 5.60 Å². The number of benzene rings is 2. The van der Waals surface area contributed by atoms with Gasteiger partial charge >= 0.3 is 6.09 Å². The lowest BCUT2D eigenvalue weighted by molar-refractivity contribution is 0.0636. The molecule has 2 rings (SSSR count). The Labute approximate surface area is 151 Å². The minimum atomic E-state index is -0.516. The largest absolute Gasteiger partial charge is 0.444 e. The molecule has 0 fully saturated rings. The monoisotopic (exact) mass is 390 g/mol. The summed E-state index contributed by atoms with van der Waals surface area (Å²) in [6.07, 6.45) is -0.457. The molecule has 0 unspecified atom stereocenters. The summed E-state index contributed by atoms with van der Waals surface area (Å²) in [7, 11) is 0. The van der Waals surface area contributed by atoms with Crippen LogP contribution in [0.5, 0.6) is 0 Å². The summed E-state index contributed by atoms with van der Waals surface area (Å²) in [4.78, 5) is 11.8. The molecule has 5 heteroatoms. The Bertz CT molecular complexity index is 724. The molecule has 0 radical (unpaired) electrons. The molecular formula is C19H23BrN2O2. The Balaban J connectivity index is 1.98. The zero-order valence-electron chi connectivity index (χ0n) is 14.4. The fourth-order valence-corrected chi connectivity index (χ4v) is 2.75. The van der Waals surface area contributed by atoms with Gasteiger partial charge in [0.25, 0.3) is 0 Å². The Hall–Kier alpha value is -2.01. The molecule has 0 saturated carbocycles. The van der Waals surface area contributed by atoms with E-state index in [0.29, 0.717) is 12.2 Å². The maximum Gasteiger partial charge on any atom is 0.412 e. The van der Waals surface area contributed by atoms with Crippen LogP contribution < -0.4 is 10.6 Å². The van der Waals surface area contributed by atoms with E-state index in [0.717, 1.165) is 10.2 Å². The summed E-state index contributed by atoms with van der Waals surface area (Å²) in [5.41, 5.74) is 3.49. The van der Waals surface area contributed by atoms with Crippen LogP contribution in [0.1, 0.15) is 31.9 Å². The van der Waals surface area contributed by atoms with Gasteiger partial charge in [-0.2, -0.15) is 0 Å². The van der Waals surface area contributed by atoms with Crippen molar-refractivity contribution in [2.45, 2.75) is 39.8 Å². The van der Waals surface area contributed by atoms with Gasteiger partial charge in [-0.15, -0.1) is 0 Å². The summed E-state index contributed by atoms with van der Waals surface area (Å²) >= 11 is 3.58. The van der Waals surface area contributed by atoms with Gasteiger partial charge in [-0.1, -0.05) is 34.1 Å². The van der Waals surface area contributed by atoms with Crippen molar-refractivity contribution in [2.75, 3.05) is 10.6 Å². The quantitative estimate of drug-likeness (QED) is 0.701. The second-order valence-electron chi connectivity index (χ2n) is 6.66. The molecule has 0 saturated heterocycles. The van der Waals surface area contributed by atoms with Crippen LogP contribution >= 0.6 is 15.9 Å². The zero-order chi connectivity index (χ0) is 17.7. The van der Waals surface area contributed by atoms with Gasteiger partial charge in [0, 0.05) is 22.4 Å².